The average molecular weight is 320 g/mol. The Morgan fingerprint density at radius 1 is 1.09 bits per heavy atom. The van der Waals surface area contributed by atoms with Crippen LogP contribution in [0.1, 0.15) is 47.9 Å². The minimum absolute atomic E-state index is 0.0239. The Kier molecular flexibility index (Phi) is 3.88. The molecule has 3 aliphatic heterocycles. The summed E-state index contributed by atoms with van der Waals surface area (Å²) < 4.78 is 23.1. The van der Waals surface area contributed by atoms with Gasteiger partial charge in [0.15, 0.2) is 12.1 Å². The van der Waals surface area contributed by atoms with Crippen LogP contribution in [0.5, 0.6) is 0 Å². The molecule has 0 spiro atoms. The molecular formula is C17H20O4S. The van der Waals surface area contributed by atoms with Crippen molar-refractivity contribution in [3.05, 3.63) is 35.4 Å². The monoisotopic (exact) mass is 320 g/mol. The Hall–Kier alpha value is -1.04. The number of carbonyl (C=O) groups is 1. The predicted octanol–water partition coefficient (Wildman–Crippen LogP) is 2.60. The Balaban J connectivity index is 1.53. The Morgan fingerprint density at radius 3 is 2.45 bits per heavy atom. The third-order valence-electron chi connectivity index (χ3n) is 5.00. The summed E-state index contributed by atoms with van der Waals surface area (Å²) in [7, 11) is -0.711. The lowest BCUT2D eigenvalue weighted by atomic mass is 9.90. The number of ether oxygens (including phenoxy) is 2. The van der Waals surface area contributed by atoms with E-state index in [1.807, 2.05) is 24.3 Å². The Labute approximate surface area is 132 Å². The molecule has 0 aliphatic carbocycles. The molecule has 0 saturated carbocycles. The van der Waals surface area contributed by atoms with Gasteiger partial charge in [-0.15, -0.1) is 0 Å². The van der Waals surface area contributed by atoms with Gasteiger partial charge in [0.2, 0.25) is 0 Å². The van der Waals surface area contributed by atoms with Crippen LogP contribution in [0.2, 0.25) is 0 Å². The maximum atomic E-state index is 12.8. The SMILES string of the molecule is O=C(c1cccc(C2OCCO2)c1)C1CC2CCC(C1)S2=O. The van der Waals surface area contributed by atoms with Crippen molar-refractivity contribution in [1.29, 1.82) is 0 Å². The topological polar surface area (TPSA) is 52.6 Å². The number of hydrogen-bond donors (Lipinski definition) is 0. The molecule has 3 heterocycles. The number of benzene rings is 1. The minimum atomic E-state index is -0.711. The van der Waals surface area contributed by atoms with E-state index in [9.17, 15) is 9.00 Å². The summed E-state index contributed by atoms with van der Waals surface area (Å²) in [5, 5.41) is 0.467. The van der Waals surface area contributed by atoms with Crippen molar-refractivity contribution in [2.75, 3.05) is 13.2 Å². The number of hydrogen-bond acceptors (Lipinski definition) is 4. The van der Waals surface area contributed by atoms with Gasteiger partial charge in [0.25, 0.3) is 0 Å². The van der Waals surface area contributed by atoms with Gasteiger partial charge in [0.1, 0.15) is 0 Å². The highest BCUT2D eigenvalue weighted by molar-refractivity contribution is 7.86. The molecule has 22 heavy (non-hydrogen) atoms. The van der Waals surface area contributed by atoms with Crippen molar-refractivity contribution in [3.8, 4) is 0 Å². The number of carbonyl (C=O) groups excluding carboxylic acids is 1. The van der Waals surface area contributed by atoms with E-state index in [2.05, 4.69) is 0 Å². The second-order valence-corrected chi connectivity index (χ2v) is 8.37. The van der Waals surface area contributed by atoms with Crippen LogP contribution in [0.4, 0.5) is 0 Å². The largest absolute Gasteiger partial charge is 0.346 e. The lowest BCUT2D eigenvalue weighted by Gasteiger charge is -2.26. The molecule has 0 amide bonds. The first kappa shape index (κ1) is 14.5. The molecule has 1 aromatic carbocycles. The normalized spacial score (nSPS) is 34.9. The van der Waals surface area contributed by atoms with E-state index in [4.69, 9.17) is 9.47 Å². The van der Waals surface area contributed by atoms with Crippen LogP contribution in [-0.2, 0) is 20.3 Å². The van der Waals surface area contributed by atoms with Crippen molar-refractivity contribution in [2.24, 2.45) is 5.92 Å². The minimum Gasteiger partial charge on any atom is -0.346 e. The van der Waals surface area contributed by atoms with Crippen LogP contribution in [0.3, 0.4) is 0 Å². The first-order valence-electron chi connectivity index (χ1n) is 7.99. The second-order valence-electron chi connectivity index (χ2n) is 6.38. The van der Waals surface area contributed by atoms with Crippen molar-refractivity contribution >= 4 is 16.6 Å². The fourth-order valence-electron chi connectivity index (χ4n) is 3.87. The van der Waals surface area contributed by atoms with E-state index in [1.165, 1.54) is 0 Å². The highest BCUT2D eigenvalue weighted by Gasteiger charge is 2.42. The standard InChI is InChI=1S/C17H20O4S/c18-16(13-9-14-4-5-15(10-13)22(14)19)11-2-1-3-12(8-11)17-20-6-7-21-17/h1-3,8,13-15,17H,4-7,9-10H2. The Morgan fingerprint density at radius 2 is 1.77 bits per heavy atom. The molecule has 5 heteroatoms. The lowest BCUT2D eigenvalue weighted by molar-refractivity contribution is -0.0441. The summed E-state index contributed by atoms with van der Waals surface area (Å²) in [5.74, 6) is 0.212. The van der Waals surface area contributed by atoms with E-state index in [0.717, 1.165) is 36.8 Å². The maximum Gasteiger partial charge on any atom is 0.184 e. The molecule has 1 aromatic rings. The molecule has 2 unspecified atom stereocenters. The van der Waals surface area contributed by atoms with Crippen LogP contribution in [0, 0.1) is 5.92 Å². The molecule has 3 aliphatic rings. The van der Waals surface area contributed by atoms with Crippen LogP contribution in [0.15, 0.2) is 24.3 Å². The van der Waals surface area contributed by atoms with Gasteiger partial charge in [0.05, 0.1) is 13.2 Å². The van der Waals surface area contributed by atoms with Gasteiger partial charge < -0.3 is 9.47 Å². The van der Waals surface area contributed by atoms with Crippen LogP contribution >= 0.6 is 0 Å². The van der Waals surface area contributed by atoms with E-state index in [-0.39, 0.29) is 28.5 Å². The number of rotatable bonds is 3. The van der Waals surface area contributed by atoms with Crippen LogP contribution in [-0.4, -0.2) is 33.7 Å². The highest BCUT2D eigenvalue weighted by atomic mass is 32.2. The smallest absolute Gasteiger partial charge is 0.184 e. The predicted molar refractivity (Wildman–Crippen MR) is 83.1 cm³/mol. The maximum absolute atomic E-state index is 12.8. The van der Waals surface area contributed by atoms with Gasteiger partial charge in [-0.05, 0) is 31.7 Å². The van der Waals surface area contributed by atoms with Crippen LogP contribution < -0.4 is 0 Å². The van der Waals surface area contributed by atoms with Gasteiger partial charge in [-0.3, -0.25) is 9.00 Å². The van der Waals surface area contributed by atoms with E-state index >= 15 is 0 Å². The zero-order valence-corrected chi connectivity index (χ0v) is 13.2. The first-order chi connectivity index (χ1) is 10.7. The number of fused-ring (bicyclic) bond motifs is 2. The molecule has 0 N–H and O–H groups in total. The molecule has 0 aromatic heterocycles. The molecule has 3 fully saturated rings. The Bertz CT molecular complexity index is 592. The summed E-state index contributed by atoms with van der Waals surface area (Å²) in [6, 6.07) is 7.59. The fourth-order valence-corrected chi connectivity index (χ4v) is 6.00. The molecule has 4 nitrogen and oxygen atoms in total. The zero-order chi connectivity index (χ0) is 15.1. The van der Waals surface area contributed by atoms with E-state index in [0.29, 0.717) is 13.2 Å². The quantitative estimate of drug-likeness (QED) is 0.803. The van der Waals surface area contributed by atoms with E-state index in [1.54, 1.807) is 0 Å². The molecule has 2 bridgehead atoms. The summed E-state index contributed by atoms with van der Waals surface area (Å²) in [4.78, 5) is 12.8. The summed E-state index contributed by atoms with van der Waals surface area (Å²) in [6.07, 6.45) is 3.25. The third kappa shape index (κ3) is 2.55. The van der Waals surface area contributed by atoms with Gasteiger partial charge in [-0.2, -0.15) is 0 Å². The van der Waals surface area contributed by atoms with Gasteiger partial charge in [-0.1, -0.05) is 18.2 Å². The van der Waals surface area contributed by atoms with Crippen LogP contribution in [0.25, 0.3) is 0 Å². The molecule has 4 rings (SSSR count). The van der Waals surface area contributed by atoms with Crippen molar-refractivity contribution in [3.63, 3.8) is 0 Å². The highest BCUT2D eigenvalue weighted by Crippen LogP contribution is 2.40. The molecular weight excluding hydrogens is 300 g/mol. The zero-order valence-electron chi connectivity index (χ0n) is 12.4. The molecule has 2 atom stereocenters. The van der Waals surface area contributed by atoms with Gasteiger partial charge >= 0.3 is 0 Å². The van der Waals surface area contributed by atoms with Crippen molar-refractivity contribution in [2.45, 2.75) is 42.5 Å². The van der Waals surface area contributed by atoms with Gasteiger partial charge in [-0.25, -0.2) is 0 Å². The van der Waals surface area contributed by atoms with Crippen molar-refractivity contribution in [1.82, 2.24) is 0 Å². The third-order valence-corrected chi connectivity index (χ3v) is 7.17. The summed E-state index contributed by atoms with van der Waals surface area (Å²) in [6.45, 7) is 1.20. The second kappa shape index (κ2) is 5.87. The molecule has 0 radical (unpaired) electrons. The molecule has 118 valence electrons. The van der Waals surface area contributed by atoms with E-state index < -0.39 is 10.8 Å². The first-order valence-corrected chi connectivity index (χ1v) is 9.27. The van der Waals surface area contributed by atoms with Gasteiger partial charge in [0, 0.05) is 38.3 Å². The average Bonchev–Trinajstić information content (AvgIpc) is 3.13. The number of Topliss-reactive ketones (excluding diaryl/α,β-unsaturated/α-hetero) is 1. The molecule has 3 saturated heterocycles. The van der Waals surface area contributed by atoms with Crippen molar-refractivity contribution < 1.29 is 18.5 Å². The number of ketones is 1. The lowest BCUT2D eigenvalue weighted by Crippen LogP contribution is -2.32. The fraction of sp³-hybridized carbons (Fsp3) is 0.588. The summed E-state index contributed by atoms with van der Waals surface area (Å²) in [5.41, 5.74) is 1.64. The summed E-state index contributed by atoms with van der Waals surface area (Å²) >= 11 is 0.